The van der Waals surface area contributed by atoms with Crippen LogP contribution in [0.25, 0.3) is 0 Å². The van der Waals surface area contributed by atoms with Crippen molar-refractivity contribution in [2.45, 2.75) is 50.9 Å². The molecule has 2 nitrogen and oxygen atoms in total. The van der Waals surface area contributed by atoms with Crippen molar-refractivity contribution in [3.8, 4) is 0 Å². The lowest BCUT2D eigenvalue weighted by Crippen LogP contribution is -2.46. The molecule has 0 bridgehead atoms. The van der Waals surface area contributed by atoms with Crippen LogP contribution in [0.1, 0.15) is 40.0 Å². The molecular formula is C11H20BrNO. The van der Waals surface area contributed by atoms with Crippen LogP contribution in [0.15, 0.2) is 0 Å². The van der Waals surface area contributed by atoms with Crippen LogP contribution in [0.4, 0.5) is 0 Å². The summed E-state index contributed by atoms with van der Waals surface area (Å²) in [6, 6.07) is 0.426. The van der Waals surface area contributed by atoms with Gasteiger partial charge < -0.3 is 4.90 Å². The van der Waals surface area contributed by atoms with E-state index in [0.29, 0.717) is 12.0 Å². The molecule has 0 aliphatic carbocycles. The minimum Gasteiger partial charge on any atom is -0.339 e. The number of nitrogens with zero attached hydrogens (tertiary/aromatic N) is 1. The molecule has 1 aliphatic heterocycles. The number of amides is 1. The molecule has 2 atom stereocenters. The number of piperidine rings is 1. The van der Waals surface area contributed by atoms with E-state index in [9.17, 15) is 4.79 Å². The molecule has 1 heterocycles. The van der Waals surface area contributed by atoms with Crippen molar-refractivity contribution in [2.24, 2.45) is 5.92 Å². The third-order valence-electron chi connectivity index (χ3n) is 2.91. The summed E-state index contributed by atoms with van der Waals surface area (Å²) in [5.41, 5.74) is 0. The molecule has 0 spiro atoms. The monoisotopic (exact) mass is 261 g/mol. The Morgan fingerprint density at radius 2 is 2.07 bits per heavy atom. The SMILES string of the molecule is CC(C)[C@H](Br)C(=O)N1CCCC[C@H]1C. The van der Waals surface area contributed by atoms with Crippen LogP contribution in [0.5, 0.6) is 0 Å². The van der Waals surface area contributed by atoms with E-state index in [0.717, 1.165) is 19.4 Å². The first-order chi connectivity index (χ1) is 6.54. The Morgan fingerprint density at radius 3 is 2.57 bits per heavy atom. The number of carbonyl (C=O) groups is 1. The molecule has 0 aromatic carbocycles. The molecule has 0 aromatic rings. The minimum absolute atomic E-state index is 0.0111. The second kappa shape index (κ2) is 5.15. The highest BCUT2D eigenvalue weighted by Crippen LogP contribution is 2.22. The Labute approximate surface area is 95.2 Å². The van der Waals surface area contributed by atoms with Gasteiger partial charge >= 0.3 is 0 Å². The largest absolute Gasteiger partial charge is 0.339 e. The van der Waals surface area contributed by atoms with Gasteiger partial charge in [-0.1, -0.05) is 29.8 Å². The maximum absolute atomic E-state index is 12.0. The Hall–Kier alpha value is -0.0500. The van der Waals surface area contributed by atoms with Crippen molar-refractivity contribution in [2.75, 3.05) is 6.54 Å². The minimum atomic E-state index is -0.0111. The zero-order valence-corrected chi connectivity index (χ0v) is 10.9. The summed E-state index contributed by atoms with van der Waals surface area (Å²) < 4.78 is 0. The van der Waals surface area contributed by atoms with Gasteiger partial charge in [0.15, 0.2) is 0 Å². The number of hydrogen-bond donors (Lipinski definition) is 0. The van der Waals surface area contributed by atoms with E-state index in [2.05, 4.69) is 36.7 Å². The Balaban J connectivity index is 2.58. The summed E-state index contributed by atoms with van der Waals surface area (Å²) >= 11 is 3.48. The molecular weight excluding hydrogens is 242 g/mol. The van der Waals surface area contributed by atoms with E-state index in [1.807, 2.05) is 4.90 Å². The fourth-order valence-corrected chi connectivity index (χ4v) is 2.13. The van der Waals surface area contributed by atoms with Gasteiger partial charge in [0, 0.05) is 12.6 Å². The van der Waals surface area contributed by atoms with Crippen molar-refractivity contribution < 1.29 is 4.79 Å². The summed E-state index contributed by atoms with van der Waals surface area (Å²) in [5, 5.41) is 0. The van der Waals surface area contributed by atoms with Gasteiger partial charge in [-0.2, -0.15) is 0 Å². The molecule has 1 aliphatic rings. The average Bonchev–Trinajstić information content (AvgIpc) is 2.16. The second-order valence-electron chi connectivity index (χ2n) is 4.52. The highest BCUT2D eigenvalue weighted by Gasteiger charge is 2.29. The van der Waals surface area contributed by atoms with Crippen LogP contribution in [0.2, 0.25) is 0 Å². The zero-order valence-electron chi connectivity index (χ0n) is 9.29. The molecule has 0 radical (unpaired) electrons. The summed E-state index contributed by atoms with van der Waals surface area (Å²) in [5.74, 6) is 0.642. The summed E-state index contributed by atoms with van der Waals surface area (Å²) in [6.45, 7) is 7.24. The number of carbonyl (C=O) groups excluding carboxylic acids is 1. The van der Waals surface area contributed by atoms with E-state index in [1.54, 1.807) is 0 Å². The summed E-state index contributed by atoms with van der Waals surface area (Å²) in [7, 11) is 0. The molecule has 14 heavy (non-hydrogen) atoms. The third-order valence-corrected chi connectivity index (χ3v) is 4.36. The van der Waals surface area contributed by atoms with Gasteiger partial charge in [0.25, 0.3) is 0 Å². The molecule has 3 heteroatoms. The van der Waals surface area contributed by atoms with Gasteiger partial charge in [0.1, 0.15) is 0 Å². The van der Waals surface area contributed by atoms with E-state index in [4.69, 9.17) is 0 Å². The molecule has 1 rings (SSSR count). The molecule has 1 fully saturated rings. The molecule has 1 saturated heterocycles. The molecule has 0 N–H and O–H groups in total. The third kappa shape index (κ3) is 2.72. The normalized spacial score (nSPS) is 25.2. The van der Waals surface area contributed by atoms with Crippen LogP contribution >= 0.6 is 15.9 Å². The van der Waals surface area contributed by atoms with Crippen LogP contribution in [-0.2, 0) is 4.79 Å². The fraction of sp³-hybridized carbons (Fsp3) is 0.909. The van der Waals surface area contributed by atoms with Gasteiger partial charge in [-0.25, -0.2) is 0 Å². The number of hydrogen-bond acceptors (Lipinski definition) is 1. The van der Waals surface area contributed by atoms with Crippen molar-refractivity contribution in [3.63, 3.8) is 0 Å². The molecule has 82 valence electrons. The first-order valence-corrected chi connectivity index (χ1v) is 6.40. The predicted octanol–water partition coefficient (Wildman–Crippen LogP) is 2.81. The van der Waals surface area contributed by atoms with Gasteiger partial charge in [-0.3, -0.25) is 4.79 Å². The van der Waals surface area contributed by atoms with Crippen LogP contribution in [-0.4, -0.2) is 28.2 Å². The lowest BCUT2D eigenvalue weighted by molar-refractivity contribution is -0.134. The van der Waals surface area contributed by atoms with Gasteiger partial charge in [0.2, 0.25) is 5.91 Å². The quantitative estimate of drug-likeness (QED) is 0.701. The van der Waals surface area contributed by atoms with Gasteiger partial charge in [-0.15, -0.1) is 0 Å². The van der Waals surface area contributed by atoms with Crippen molar-refractivity contribution in [1.29, 1.82) is 0 Å². The van der Waals surface area contributed by atoms with Crippen molar-refractivity contribution in [1.82, 2.24) is 4.90 Å². The van der Waals surface area contributed by atoms with Crippen LogP contribution < -0.4 is 0 Å². The summed E-state index contributed by atoms with van der Waals surface area (Å²) in [4.78, 5) is 14.0. The fourth-order valence-electron chi connectivity index (χ4n) is 1.87. The Morgan fingerprint density at radius 1 is 1.43 bits per heavy atom. The summed E-state index contributed by atoms with van der Waals surface area (Å²) in [6.07, 6.45) is 3.58. The highest BCUT2D eigenvalue weighted by atomic mass is 79.9. The van der Waals surface area contributed by atoms with Gasteiger partial charge in [0.05, 0.1) is 4.83 Å². The number of halogens is 1. The van der Waals surface area contributed by atoms with Crippen molar-refractivity contribution in [3.05, 3.63) is 0 Å². The number of alkyl halides is 1. The van der Waals surface area contributed by atoms with E-state index in [-0.39, 0.29) is 10.7 Å². The maximum Gasteiger partial charge on any atom is 0.236 e. The number of likely N-dealkylation sites (tertiary alicyclic amines) is 1. The average molecular weight is 262 g/mol. The Kier molecular flexibility index (Phi) is 4.42. The zero-order chi connectivity index (χ0) is 10.7. The first-order valence-electron chi connectivity index (χ1n) is 5.48. The first kappa shape index (κ1) is 12.0. The van der Waals surface area contributed by atoms with Crippen LogP contribution in [0.3, 0.4) is 0 Å². The lowest BCUT2D eigenvalue weighted by Gasteiger charge is -2.35. The van der Waals surface area contributed by atoms with E-state index in [1.165, 1.54) is 6.42 Å². The Bertz CT molecular complexity index is 205. The standard InChI is InChI=1S/C11H20BrNO/c1-8(2)10(12)11(14)13-7-5-4-6-9(13)3/h8-10H,4-7H2,1-3H3/t9-,10+/m1/s1. The van der Waals surface area contributed by atoms with Crippen molar-refractivity contribution >= 4 is 21.8 Å². The van der Waals surface area contributed by atoms with Gasteiger partial charge in [-0.05, 0) is 32.1 Å². The topological polar surface area (TPSA) is 20.3 Å². The number of rotatable bonds is 2. The second-order valence-corrected chi connectivity index (χ2v) is 5.51. The maximum atomic E-state index is 12.0. The predicted molar refractivity (Wildman–Crippen MR) is 62.6 cm³/mol. The van der Waals surface area contributed by atoms with E-state index >= 15 is 0 Å². The molecule has 0 unspecified atom stereocenters. The smallest absolute Gasteiger partial charge is 0.236 e. The molecule has 0 aromatic heterocycles. The molecule has 1 amide bonds. The molecule has 0 saturated carbocycles. The van der Waals surface area contributed by atoms with Crippen LogP contribution in [0, 0.1) is 5.92 Å². The highest BCUT2D eigenvalue weighted by molar-refractivity contribution is 9.10. The van der Waals surface area contributed by atoms with E-state index < -0.39 is 0 Å². The lowest BCUT2D eigenvalue weighted by atomic mass is 10.0.